The summed E-state index contributed by atoms with van der Waals surface area (Å²) in [6.45, 7) is 2.84. The van der Waals surface area contributed by atoms with Gasteiger partial charge in [0.1, 0.15) is 0 Å². The lowest BCUT2D eigenvalue weighted by Gasteiger charge is -2.01. The number of nitrogens with one attached hydrogen (secondary N) is 1. The fourth-order valence-corrected chi connectivity index (χ4v) is 0.316. The summed E-state index contributed by atoms with van der Waals surface area (Å²) >= 11 is 0. The van der Waals surface area contributed by atoms with Gasteiger partial charge in [-0.05, 0) is 13.0 Å². The Bertz CT molecular complexity index is 45.3. The standard InChI is InChI=1S/C5H10NO/c1-2-3-4-6-5-7/h2-4H2,1H3,(H,6,7)/q-1. The van der Waals surface area contributed by atoms with E-state index >= 15 is 0 Å². The second-order valence-corrected chi connectivity index (χ2v) is 1.38. The monoisotopic (exact) mass is 100 g/mol. The first-order valence-corrected chi connectivity index (χ1v) is 2.51. The van der Waals surface area contributed by atoms with Gasteiger partial charge >= 0.3 is 0 Å². The van der Waals surface area contributed by atoms with Gasteiger partial charge in [0.2, 0.25) is 0 Å². The van der Waals surface area contributed by atoms with Gasteiger partial charge in [0, 0.05) is 0 Å². The van der Waals surface area contributed by atoms with E-state index in [0.717, 1.165) is 19.4 Å². The van der Waals surface area contributed by atoms with Gasteiger partial charge in [-0.3, -0.25) is 0 Å². The van der Waals surface area contributed by atoms with Crippen molar-refractivity contribution >= 4 is 6.41 Å². The molecule has 0 heterocycles. The van der Waals surface area contributed by atoms with E-state index < -0.39 is 0 Å². The fraction of sp³-hybridized carbons (Fsp3) is 0.800. The Morgan fingerprint density at radius 2 is 2.43 bits per heavy atom. The maximum atomic E-state index is 9.44. The molecule has 2 nitrogen and oxygen atoms in total. The lowest BCUT2D eigenvalue weighted by atomic mass is 10.3. The van der Waals surface area contributed by atoms with Crippen LogP contribution in [0, 0.1) is 0 Å². The molecule has 1 amide bonds. The zero-order chi connectivity index (χ0) is 5.54. The Kier molecular flexibility index (Phi) is 5.06. The van der Waals surface area contributed by atoms with E-state index in [2.05, 4.69) is 12.2 Å². The molecule has 0 aromatic rings. The summed E-state index contributed by atoms with van der Waals surface area (Å²) in [5.41, 5.74) is 0. The molecule has 7 heavy (non-hydrogen) atoms. The summed E-state index contributed by atoms with van der Waals surface area (Å²) < 4.78 is 0. The van der Waals surface area contributed by atoms with Crippen LogP contribution in [-0.2, 0) is 4.79 Å². The topological polar surface area (TPSA) is 29.1 Å². The molecule has 0 aromatic heterocycles. The van der Waals surface area contributed by atoms with E-state index in [1.807, 2.05) is 0 Å². The molecule has 0 unspecified atom stereocenters. The van der Waals surface area contributed by atoms with Crippen LogP contribution in [0.4, 0.5) is 0 Å². The first-order chi connectivity index (χ1) is 3.41. The fourth-order valence-electron chi connectivity index (χ4n) is 0.316. The summed E-state index contributed by atoms with van der Waals surface area (Å²) in [4.78, 5) is 9.44. The number of carbonyl (C=O) groups excluding carboxylic acids is 1. The van der Waals surface area contributed by atoms with Crippen LogP contribution in [0.25, 0.3) is 0 Å². The first kappa shape index (κ1) is 6.47. The van der Waals surface area contributed by atoms with Gasteiger partial charge < -0.3 is 10.1 Å². The number of rotatable bonds is 4. The van der Waals surface area contributed by atoms with Crippen LogP contribution in [-0.4, -0.2) is 13.0 Å². The minimum absolute atomic E-state index is 0.764. The van der Waals surface area contributed by atoms with E-state index in [-0.39, 0.29) is 0 Å². The normalized spacial score (nSPS) is 8.14. The van der Waals surface area contributed by atoms with E-state index in [1.54, 1.807) is 6.41 Å². The zero-order valence-corrected chi connectivity index (χ0v) is 4.53. The lowest BCUT2D eigenvalue weighted by molar-refractivity contribution is 0.540. The van der Waals surface area contributed by atoms with Crippen molar-refractivity contribution in [1.29, 1.82) is 0 Å². The number of hydrogen-bond acceptors (Lipinski definition) is 1. The van der Waals surface area contributed by atoms with Gasteiger partial charge in [0.05, 0.1) is 0 Å². The van der Waals surface area contributed by atoms with Gasteiger partial charge in [0.15, 0.2) is 0 Å². The molecular weight excluding hydrogens is 90.1 g/mol. The van der Waals surface area contributed by atoms with E-state index in [9.17, 15) is 4.79 Å². The molecule has 0 spiro atoms. The van der Waals surface area contributed by atoms with Crippen molar-refractivity contribution in [2.24, 2.45) is 0 Å². The van der Waals surface area contributed by atoms with Crippen molar-refractivity contribution in [2.45, 2.75) is 19.8 Å². The Morgan fingerprint density at radius 1 is 1.71 bits per heavy atom. The molecule has 1 N–H and O–H groups in total. The Labute approximate surface area is 43.9 Å². The smallest absolute Gasteiger partial charge is 0.0143 e. The second-order valence-electron chi connectivity index (χ2n) is 1.38. The van der Waals surface area contributed by atoms with Gasteiger partial charge in [-0.1, -0.05) is 13.3 Å². The largest absolute Gasteiger partial charge is 0.530 e. The van der Waals surface area contributed by atoms with Crippen LogP contribution >= 0.6 is 0 Å². The highest BCUT2D eigenvalue weighted by molar-refractivity contribution is 5.46. The number of unbranched alkanes of at least 4 members (excludes halogenated alkanes) is 1. The van der Waals surface area contributed by atoms with Crippen LogP contribution in [0.2, 0.25) is 0 Å². The molecule has 0 fully saturated rings. The minimum Gasteiger partial charge on any atom is -0.530 e. The molecule has 0 bridgehead atoms. The summed E-state index contributed by atoms with van der Waals surface area (Å²) in [7, 11) is 0. The predicted octanol–water partition coefficient (Wildman–Crippen LogP) is 0.443. The first-order valence-electron chi connectivity index (χ1n) is 2.51. The van der Waals surface area contributed by atoms with Crippen molar-refractivity contribution in [3.63, 3.8) is 0 Å². The lowest BCUT2D eigenvalue weighted by Crippen LogP contribution is -2.11. The molecule has 0 rings (SSSR count). The Morgan fingerprint density at radius 3 is 2.86 bits per heavy atom. The molecule has 2 heteroatoms. The molecule has 0 saturated heterocycles. The molecule has 42 valence electrons. The summed E-state index contributed by atoms with van der Waals surface area (Å²) in [5.74, 6) is 0. The van der Waals surface area contributed by atoms with Gasteiger partial charge in [-0.2, -0.15) is 6.41 Å². The molecule has 0 atom stereocenters. The maximum absolute atomic E-state index is 9.44. The molecule has 0 aliphatic heterocycles. The van der Waals surface area contributed by atoms with E-state index in [4.69, 9.17) is 0 Å². The van der Waals surface area contributed by atoms with Crippen molar-refractivity contribution in [2.75, 3.05) is 6.54 Å². The third-order valence-electron chi connectivity index (χ3n) is 0.727. The third kappa shape index (κ3) is 5.47. The van der Waals surface area contributed by atoms with Crippen LogP contribution in [0.5, 0.6) is 0 Å². The molecule has 0 aromatic carbocycles. The quantitative estimate of drug-likeness (QED) is 0.310. The summed E-state index contributed by atoms with van der Waals surface area (Å²) in [6, 6.07) is 0. The highest BCUT2D eigenvalue weighted by Gasteiger charge is 1.71. The van der Waals surface area contributed by atoms with Gasteiger partial charge in [-0.25, -0.2) is 0 Å². The van der Waals surface area contributed by atoms with E-state index in [0.29, 0.717) is 0 Å². The zero-order valence-electron chi connectivity index (χ0n) is 4.53. The van der Waals surface area contributed by atoms with Crippen LogP contribution < -0.4 is 5.32 Å². The SMILES string of the molecule is CCCCN[C-]=O. The van der Waals surface area contributed by atoms with Crippen LogP contribution in [0.1, 0.15) is 19.8 Å². The van der Waals surface area contributed by atoms with E-state index in [1.165, 1.54) is 0 Å². The second kappa shape index (κ2) is 5.47. The molecule has 0 aliphatic rings. The Balaban J connectivity index is 2.56. The van der Waals surface area contributed by atoms with Crippen molar-refractivity contribution in [3.8, 4) is 0 Å². The summed E-state index contributed by atoms with van der Waals surface area (Å²) in [6.07, 6.45) is 3.77. The Hall–Kier alpha value is -0.530. The molecular formula is C5H10NO-. The van der Waals surface area contributed by atoms with Crippen LogP contribution in [0.3, 0.4) is 0 Å². The highest BCUT2D eigenvalue weighted by Crippen LogP contribution is 1.79. The number of amides is 1. The molecule has 0 radical (unpaired) electrons. The highest BCUT2D eigenvalue weighted by atomic mass is 16.1. The minimum atomic E-state index is 0.764. The van der Waals surface area contributed by atoms with Crippen molar-refractivity contribution in [3.05, 3.63) is 0 Å². The van der Waals surface area contributed by atoms with Gasteiger partial charge in [-0.15, -0.1) is 0 Å². The van der Waals surface area contributed by atoms with Crippen molar-refractivity contribution in [1.82, 2.24) is 5.32 Å². The maximum Gasteiger partial charge on any atom is -0.0143 e. The molecule has 0 aliphatic carbocycles. The number of hydrogen-bond donors (Lipinski definition) is 1. The molecule has 0 saturated carbocycles. The van der Waals surface area contributed by atoms with Crippen molar-refractivity contribution < 1.29 is 4.79 Å². The predicted molar refractivity (Wildman–Crippen MR) is 28.6 cm³/mol. The average Bonchev–Trinajstić information content (AvgIpc) is 1.69. The van der Waals surface area contributed by atoms with Gasteiger partial charge in [0.25, 0.3) is 0 Å². The average molecular weight is 100 g/mol. The third-order valence-corrected chi connectivity index (χ3v) is 0.727. The van der Waals surface area contributed by atoms with Crippen LogP contribution in [0.15, 0.2) is 0 Å². The summed E-state index contributed by atoms with van der Waals surface area (Å²) in [5, 5.41) is 2.44.